The number of aryl methyl sites for hydroxylation is 2. The Kier molecular flexibility index (Phi) is 5.38. The summed E-state index contributed by atoms with van der Waals surface area (Å²) in [5, 5.41) is 18.6. The van der Waals surface area contributed by atoms with Crippen LogP contribution in [-0.2, 0) is 7.05 Å². The van der Waals surface area contributed by atoms with Gasteiger partial charge in [-0.1, -0.05) is 13.8 Å². The first-order valence-corrected chi connectivity index (χ1v) is 7.68. The third kappa shape index (κ3) is 3.53. The molecule has 23 heavy (non-hydrogen) atoms. The van der Waals surface area contributed by atoms with Gasteiger partial charge in [0.1, 0.15) is 11.5 Å². The number of likely N-dealkylation sites (N-methyl/N-ethyl adjacent to an activating group) is 1. The molecule has 0 radical (unpaired) electrons. The van der Waals surface area contributed by atoms with E-state index in [1.54, 1.807) is 20.2 Å². The Morgan fingerprint density at radius 1 is 1.48 bits per heavy atom. The second-order valence-electron chi connectivity index (χ2n) is 5.30. The van der Waals surface area contributed by atoms with Gasteiger partial charge in [-0.3, -0.25) is 15.0 Å². The molecule has 1 atom stereocenters. The molecule has 0 saturated heterocycles. The molecule has 0 spiro atoms. The zero-order valence-electron chi connectivity index (χ0n) is 13.9. The van der Waals surface area contributed by atoms with Crippen molar-refractivity contribution in [3.63, 3.8) is 0 Å². The van der Waals surface area contributed by atoms with E-state index in [1.165, 1.54) is 4.68 Å². The molecule has 0 aromatic carbocycles. The van der Waals surface area contributed by atoms with E-state index in [2.05, 4.69) is 29.2 Å². The minimum atomic E-state index is -0.399. The summed E-state index contributed by atoms with van der Waals surface area (Å²) < 4.78 is 7.05. The smallest absolute Gasteiger partial charge is 0.333 e. The van der Waals surface area contributed by atoms with E-state index in [0.29, 0.717) is 18.1 Å². The van der Waals surface area contributed by atoms with Crippen LogP contribution in [0.25, 0.3) is 0 Å². The quantitative estimate of drug-likeness (QED) is 0.594. The molecule has 0 fully saturated rings. The van der Waals surface area contributed by atoms with Gasteiger partial charge >= 0.3 is 5.69 Å². The van der Waals surface area contributed by atoms with Crippen molar-refractivity contribution in [1.82, 2.24) is 14.7 Å². The number of aromatic nitrogens is 2. The van der Waals surface area contributed by atoms with Crippen molar-refractivity contribution in [2.45, 2.75) is 26.8 Å². The standard InChI is InChI=1S/C15H23N5O3/c1-5-19(6-2)12(13-8-7-9-23-13)10-16-15-14(20(21)22)11(3)17-18(15)4/h7-9,12,16H,5-6,10H2,1-4H3. The summed E-state index contributed by atoms with van der Waals surface area (Å²) in [5.41, 5.74) is 0.419. The maximum atomic E-state index is 11.3. The van der Waals surface area contributed by atoms with E-state index in [0.717, 1.165) is 18.8 Å². The van der Waals surface area contributed by atoms with Crippen LogP contribution in [0.2, 0.25) is 0 Å². The molecule has 1 N–H and O–H groups in total. The molecule has 0 aliphatic carbocycles. The zero-order chi connectivity index (χ0) is 17.0. The van der Waals surface area contributed by atoms with Crippen LogP contribution in [0.1, 0.15) is 31.3 Å². The van der Waals surface area contributed by atoms with Gasteiger partial charge in [0.05, 0.1) is 17.2 Å². The zero-order valence-corrected chi connectivity index (χ0v) is 13.9. The number of anilines is 1. The Morgan fingerprint density at radius 2 is 2.17 bits per heavy atom. The highest BCUT2D eigenvalue weighted by Crippen LogP contribution is 2.29. The van der Waals surface area contributed by atoms with Crippen LogP contribution in [0.5, 0.6) is 0 Å². The Balaban J connectivity index is 2.24. The SMILES string of the molecule is CCN(CC)C(CNc1c([N+](=O)[O-])c(C)nn1C)c1ccco1. The average molecular weight is 321 g/mol. The van der Waals surface area contributed by atoms with Gasteiger partial charge in [-0.2, -0.15) is 5.10 Å². The summed E-state index contributed by atoms with van der Waals surface area (Å²) in [6.45, 7) is 8.01. The Hall–Kier alpha value is -2.35. The molecule has 0 aliphatic rings. The highest BCUT2D eigenvalue weighted by molar-refractivity contribution is 5.59. The number of nitrogens with zero attached hydrogens (tertiary/aromatic N) is 4. The molecule has 8 nitrogen and oxygen atoms in total. The molecular formula is C15H23N5O3. The van der Waals surface area contributed by atoms with Crippen molar-refractivity contribution in [2.75, 3.05) is 25.0 Å². The van der Waals surface area contributed by atoms with E-state index in [1.807, 2.05) is 12.1 Å². The lowest BCUT2D eigenvalue weighted by molar-refractivity contribution is -0.384. The van der Waals surface area contributed by atoms with Crippen LogP contribution >= 0.6 is 0 Å². The van der Waals surface area contributed by atoms with Crippen molar-refractivity contribution in [1.29, 1.82) is 0 Å². The molecule has 0 aliphatic heterocycles. The fourth-order valence-corrected chi connectivity index (χ4v) is 2.81. The maximum Gasteiger partial charge on any atom is 0.333 e. The second kappa shape index (κ2) is 7.28. The van der Waals surface area contributed by atoms with Crippen LogP contribution in [0.4, 0.5) is 11.5 Å². The Morgan fingerprint density at radius 3 is 2.70 bits per heavy atom. The van der Waals surface area contributed by atoms with Gasteiger partial charge in [-0.15, -0.1) is 0 Å². The number of hydrogen-bond donors (Lipinski definition) is 1. The Bertz CT molecular complexity index is 646. The number of nitrogens with one attached hydrogen (secondary N) is 1. The molecule has 8 heteroatoms. The molecule has 2 rings (SSSR count). The minimum Gasteiger partial charge on any atom is -0.468 e. The van der Waals surface area contributed by atoms with E-state index in [9.17, 15) is 10.1 Å². The highest BCUT2D eigenvalue weighted by atomic mass is 16.6. The van der Waals surface area contributed by atoms with Crippen LogP contribution in [0, 0.1) is 17.0 Å². The number of hydrogen-bond acceptors (Lipinski definition) is 6. The third-order valence-corrected chi connectivity index (χ3v) is 3.96. The molecule has 0 saturated carbocycles. The van der Waals surface area contributed by atoms with E-state index >= 15 is 0 Å². The lowest BCUT2D eigenvalue weighted by Gasteiger charge is -2.28. The van der Waals surface area contributed by atoms with Gasteiger partial charge in [0.25, 0.3) is 0 Å². The summed E-state index contributed by atoms with van der Waals surface area (Å²) in [6, 6.07) is 3.77. The average Bonchev–Trinajstić information content (AvgIpc) is 3.11. The highest BCUT2D eigenvalue weighted by Gasteiger charge is 2.26. The molecule has 2 aromatic heterocycles. The van der Waals surface area contributed by atoms with Gasteiger partial charge in [0.2, 0.25) is 5.82 Å². The minimum absolute atomic E-state index is 0.00481. The second-order valence-corrected chi connectivity index (χ2v) is 5.30. The molecular weight excluding hydrogens is 298 g/mol. The summed E-state index contributed by atoms with van der Waals surface area (Å²) in [7, 11) is 1.70. The number of rotatable bonds is 8. The van der Waals surface area contributed by atoms with Crippen LogP contribution in [0.3, 0.4) is 0 Å². The molecule has 1 unspecified atom stereocenters. The van der Waals surface area contributed by atoms with Crippen LogP contribution in [0.15, 0.2) is 22.8 Å². The lowest BCUT2D eigenvalue weighted by atomic mass is 10.2. The van der Waals surface area contributed by atoms with Gasteiger partial charge in [0, 0.05) is 13.6 Å². The lowest BCUT2D eigenvalue weighted by Crippen LogP contribution is -2.33. The summed E-state index contributed by atoms with van der Waals surface area (Å²) >= 11 is 0. The maximum absolute atomic E-state index is 11.3. The normalized spacial score (nSPS) is 12.6. The van der Waals surface area contributed by atoms with Gasteiger partial charge in [-0.25, -0.2) is 4.68 Å². The Labute approximate surface area is 135 Å². The topological polar surface area (TPSA) is 89.4 Å². The first-order chi connectivity index (χ1) is 11.0. The largest absolute Gasteiger partial charge is 0.468 e. The van der Waals surface area contributed by atoms with Crippen molar-refractivity contribution >= 4 is 11.5 Å². The summed E-state index contributed by atoms with van der Waals surface area (Å²) in [4.78, 5) is 13.1. The van der Waals surface area contributed by atoms with Crippen LogP contribution < -0.4 is 5.32 Å². The van der Waals surface area contributed by atoms with Gasteiger partial charge in [0.15, 0.2) is 0 Å². The van der Waals surface area contributed by atoms with Crippen LogP contribution in [-0.4, -0.2) is 39.2 Å². The summed E-state index contributed by atoms with van der Waals surface area (Å²) in [6.07, 6.45) is 1.64. The number of furan rings is 1. The summed E-state index contributed by atoms with van der Waals surface area (Å²) in [5.74, 6) is 1.25. The van der Waals surface area contributed by atoms with E-state index < -0.39 is 4.92 Å². The van der Waals surface area contributed by atoms with Gasteiger partial charge < -0.3 is 9.73 Å². The first-order valence-electron chi connectivity index (χ1n) is 7.68. The molecule has 2 heterocycles. The molecule has 0 bridgehead atoms. The fourth-order valence-electron chi connectivity index (χ4n) is 2.81. The van der Waals surface area contributed by atoms with E-state index in [4.69, 9.17) is 4.42 Å². The van der Waals surface area contributed by atoms with E-state index in [-0.39, 0.29) is 11.7 Å². The van der Waals surface area contributed by atoms with Crippen molar-refractivity contribution < 1.29 is 9.34 Å². The molecule has 0 amide bonds. The number of nitro groups is 1. The first kappa shape index (κ1) is 17.0. The molecule has 2 aromatic rings. The third-order valence-electron chi connectivity index (χ3n) is 3.96. The van der Waals surface area contributed by atoms with Gasteiger partial charge in [-0.05, 0) is 32.1 Å². The van der Waals surface area contributed by atoms with Crippen molar-refractivity contribution in [3.05, 3.63) is 40.0 Å². The monoisotopic (exact) mass is 321 g/mol. The predicted octanol–water partition coefficient (Wildman–Crippen LogP) is 2.72. The van der Waals surface area contributed by atoms with Crippen molar-refractivity contribution in [2.24, 2.45) is 7.05 Å². The van der Waals surface area contributed by atoms with Crippen molar-refractivity contribution in [3.8, 4) is 0 Å². The predicted molar refractivity (Wildman–Crippen MR) is 87.5 cm³/mol. The molecule has 126 valence electrons. The fraction of sp³-hybridized carbons (Fsp3) is 0.533.